The zero-order valence-electron chi connectivity index (χ0n) is 17.1. The fourth-order valence-electron chi connectivity index (χ4n) is 3.84. The summed E-state index contributed by atoms with van der Waals surface area (Å²) < 4.78 is 15.5. The lowest BCUT2D eigenvalue weighted by Gasteiger charge is -2.22. The molecule has 31 heavy (non-hydrogen) atoms. The van der Waals surface area contributed by atoms with Gasteiger partial charge in [-0.05, 0) is 62.1 Å². The Bertz CT molecular complexity index is 1090. The van der Waals surface area contributed by atoms with Crippen molar-refractivity contribution in [1.29, 1.82) is 5.26 Å². The van der Waals surface area contributed by atoms with Crippen LogP contribution < -0.4 is 4.90 Å². The molecule has 3 aromatic rings. The number of nitrogens with zero attached hydrogens (tertiary/aromatic N) is 4. The number of carbonyl (C=O) groups excluding carboxylic acids is 1. The molecule has 0 saturated carbocycles. The third-order valence-electron chi connectivity index (χ3n) is 5.33. The van der Waals surface area contributed by atoms with Crippen molar-refractivity contribution >= 4 is 23.4 Å². The molecule has 0 spiro atoms. The number of aromatic nitrogens is 2. The minimum Gasteiger partial charge on any atom is -0.311 e. The Labute approximate surface area is 185 Å². The molecule has 0 unspecified atom stereocenters. The molecule has 1 aromatic heterocycles. The smallest absolute Gasteiger partial charge is 0.237 e. The molecule has 7 heteroatoms. The standard InChI is InChI=1S/C24H23FN4OS/c25-18-11-13-19(14-12-18)28(16-6-15-26)23(30)17-31-24-27-21-9-4-5-10-22(21)29(24)20-7-2-1-3-8-20/h1-3,7-8,11-14H,4-6,9-10,16-17H2. The highest BCUT2D eigenvalue weighted by atomic mass is 32.2. The van der Waals surface area contributed by atoms with Gasteiger partial charge in [-0.2, -0.15) is 5.26 Å². The first-order chi connectivity index (χ1) is 15.2. The molecule has 0 bridgehead atoms. The van der Waals surface area contributed by atoms with Crippen molar-refractivity contribution in [3.63, 3.8) is 0 Å². The van der Waals surface area contributed by atoms with Crippen molar-refractivity contribution in [2.45, 2.75) is 37.3 Å². The van der Waals surface area contributed by atoms with Gasteiger partial charge in [-0.3, -0.25) is 9.36 Å². The van der Waals surface area contributed by atoms with Crippen molar-refractivity contribution in [3.05, 3.63) is 71.8 Å². The van der Waals surface area contributed by atoms with E-state index in [2.05, 4.69) is 22.8 Å². The minimum absolute atomic E-state index is 0.132. The molecule has 1 heterocycles. The Hall–Kier alpha value is -3.11. The maximum Gasteiger partial charge on any atom is 0.237 e. The third-order valence-corrected chi connectivity index (χ3v) is 6.25. The number of thioether (sulfide) groups is 1. The van der Waals surface area contributed by atoms with E-state index in [-0.39, 0.29) is 30.4 Å². The highest BCUT2D eigenvalue weighted by Gasteiger charge is 2.23. The van der Waals surface area contributed by atoms with Gasteiger partial charge in [0.15, 0.2) is 5.16 Å². The molecule has 158 valence electrons. The molecule has 5 nitrogen and oxygen atoms in total. The topological polar surface area (TPSA) is 61.9 Å². The van der Waals surface area contributed by atoms with Crippen LogP contribution in [-0.2, 0) is 17.6 Å². The van der Waals surface area contributed by atoms with Crippen LogP contribution in [0.15, 0.2) is 59.8 Å². The second-order valence-corrected chi connectivity index (χ2v) is 8.33. The van der Waals surface area contributed by atoms with Gasteiger partial charge in [0.2, 0.25) is 5.91 Å². The first kappa shape index (κ1) is 21.1. The lowest BCUT2D eigenvalue weighted by atomic mass is 10.0. The highest BCUT2D eigenvalue weighted by molar-refractivity contribution is 7.99. The van der Waals surface area contributed by atoms with Gasteiger partial charge in [0.05, 0.1) is 23.9 Å². The van der Waals surface area contributed by atoms with Gasteiger partial charge < -0.3 is 4.90 Å². The van der Waals surface area contributed by atoms with E-state index in [4.69, 9.17) is 10.2 Å². The maximum atomic E-state index is 13.3. The average Bonchev–Trinajstić information content (AvgIpc) is 3.18. The summed E-state index contributed by atoms with van der Waals surface area (Å²) in [4.78, 5) is 19.5. The number of nitriles is 1. The lowest BCUT2D eigenvalue weighted by molar-refractivity contribution is -0.116. The van der Waals surface area contributed by atoms with Crippen LogP contribution in [0.25, 0.3) is 5.69 Å². The van der Waals surface area contributed by atoms with Gasteiger partial charge in [-0.1, -0.05) is 30.0 Å². The summed E-state index contributed by atoms with van der Waals surface area (Å²) in [5, 5.41) is 9.80. The van der Waals surface area contributed by atoms with Crippen LogP contribution in [0, 0.1) is 17.1 Å². The second kappa shape index (κ2) is 9.80. The number of benzene rings is 2. The van der Waals surface area contributed by atoms with Crippen LogP contribution in [-0.4, -0.2) is 27.8 Å². The van der Waals surface area contributed by atoms with E-state index in [1.54, 1.807) is 17.0 Å². The number of aryl methyl sites for hydroxylation is 1. The SMILES string of the molecule is N#CCCN(C(=O)CSc1nc2c(n1-c1ccccc1)CCCC2)c1ccc(F)cc1. The van der Waals surface area contributed by atoms with E-state index in [0.717, 1.165) is 42.2 Å². The van der Waals surface area contributed by atoms with Crippen molar-refractivity contribution in [3.8, 4) is 11.8 Å². The van der Waals surface area contributed by atoms with Crippen molar-refractivity contribution in [2.24, 2.45) is 0 Å². The molecule has 0 N–H and O–H groups in total. The van der Waals surface area contributed by atoms with Crippen LogP contribution >= 0.6 is 11.8 Å². The molecule has 2 aromatic carbocycles. The van der Waals surface area contributed by atoms with Crippen LogP contribution in [0.1, 0.15) is 30.7 Å². The van der Waals surface area contributed by atoms with E-state index in [0.29, 0.717) is 5.69 Å². The molecule has 4 rings (SSSR count). The number of imidazole rings is 1. The molecule has 0 saturated heterocycles. The summed E-state index contributed by atoms with van der Waals surface area (Å²) in [5.74, 6) is -0.306. The Balaban J connectivity index is 1.57. The summed E-state index contributed by atoms with van der Waals surface area (Å²) >= 11 is 1.41. The monoisotopic (exact) mass is 434 g/mol. The van der Waals surface area contributed by atoms with Crippen molar-refractivity contribution < 1.29 is 9.18 Å². The number of para-hydroxylation sites is 1. The van der Waals surface area contributed by atoms with Gasteiger partial charge in [-0.25, -0.2) is 9.37 Å². The van der Waals surface area contributed by atoms with Crippen LogP contribution in [0.4, 0.5) is 10.1 Å². The van der Waals surface area contributed by atoms with E-state index < -0.39 is 0 Å². The zero-order chi connectivity index (χ0) is 21.6. The molecule has 0 fully saturated rings. The molecular formula is C24H23FN4OS. The molecule has 1 amide bonds. The van der Waals surface area contributed by atoms with E-state index in [9.17, 15) is 9.18 Å². The summed E-state index contributed by atoms with van der Waals surface area (Å²) in [5.41, 5.74) is 3.98. The molecule has 0 radical (unpaired) electrons. The first-order valence-electron chi connectivity index (χ1n) is 10.4. The Kier molecular flexibility index (Phi) is 6.68. The van der Waals surface area contributed by atoms with Crippen molar-refractivity contribution in [2.75, 3.05) is 17.2 Å². The van der Waals surface area contributed by atoms with Crippen LogP contribution in [0.5, 0.6) is 0 Å². The first-order valence-corrected chi connectivity index (χ1v) is 11.4. The van der Waals surface area contributed by atoms with Gasteiger partial charge in [0.25, 0.3) is 0 Å². The van der Waals surface area contributed by atoms with E-state index in [1.165, 1.54) is 29.6 Å². The quantitative estimate of drug-likeness (QED) is 0.495. The lowest BCUT2D eigenvalue weighted by Crippen LogP contribution is -2.33. The predicted octanol–water partition coefficient (Wildman–Crippen LogP) is 4.93. The molecule has 1 aliphatic rings. The fraction of sp³-hybridized carbons (Fsp3) is 0.292. The molecule has 1 aliphatic carbocycles. The Morgan fingerprint density at radius 2 is 1.87 bits per heavy atom. The normalized spacial score (nSPS) is 12.8. The van der Waals surface area contributed by atoms with E-state index >= 15 is 0 Å². The van der Waals surface area contributed by atoms with Crippen LogP contribution in [0.2, 0.25) is 0 Å². The number of hydrogen-bond acceptors (Lipinski definition) is 4. The Morgan fingerprint density at radius 1 is 1.13 bits per heavy atom. The number of carbonyl (C=O) groups is 1. The number of hydrogen-bond donors (Lipinski definition) is 0. The largest absolute Gasteiger partial charge is 0.311 e. The van der Waals surface area contributed by atoms with Gasteiger partial charge >= 0.3 is 0 Å². The van der Waals surface area contributed by atoms with Gasteiger partial charge in [-0.15, -0.1) is 0 Å². The number of rotatable bonds is 7. The summed E-state index contributed by atoms with van der Waals surface area (Å²) in [6, 6.07) is 18.0. The summed E-state index contributed by atoms with van der Waals surface area (Å²) in [7, 11) is 0. The van der Waals surface area contributed by atoms with Crippen LogP contribution in [0.3, 0.4) is 0 Å². The van der Waals surface area contributed by atoms with Crippen molar-refractivity contribution in [1.82, 2.24) is 9.55 Å². The second-order valence-electron chi connectivity index (χ2n) is 7.38. The number of fused-ring (bicyclic) bond motifs is 1. The molecule has 0 atom stereocenters. The minimum atomic E-state index is -0.360. The third kappa shape index (κ3) is 4.80. The average molecular weight is 435 g/mol. The number of halogens is 1. The number of anilines is 1. The summed E-state index contributed by atoms with van der Waals surface area (Å²) in [6.45, 7) is 0.269. The van der Waals surface area contributed by atoms with Gasteiger partial charge in [0, 0.05) is 23.6 Å². The van der Waals surface area contributed by atoms with Gasteiger partial charge in [0.1, 0.15) is 5.82 Å². The fourth-order valence-corrected chi connectivity index (χ4v) is 4.77. The number of amides is 1. The van der Waals surface area contributed by atoms with E-state index in [1.807, 2.05) is 18.2 Å². The predicted molar refractivity (Wildman–Crippen MR) is 120 cm³/mol. The Morgan fingerprint density at radius 3 is 2.61 bits per heavy atom. The zero-order valence-corrected chi connectivity index (χ0v) is 17.9. The summed E-state index contributed by atoms with van der Waals surface area (Å²) in [6.07, 6.45) is 4.42. The molecule has 0 aliphatic heterocycles. The molecular weight excluding hydrogens is 411 g/mol. The maximum absolute atomic E-state index is 13.3. The highest BCUT2D eigenvalue weighted by Crippen LogP contribution is 2.31.